The number of alkyl halides is 6. The lowest BCUT2D eigenvalue weighted by Crippen LogP contribution is -2.65. The molecule has 0 bridgehead atoms. The molecule has 0 amide bonds. The van der Waals surface area contributed by atoms with Crippen LogP contribution in [-0.4, -0.2) is 13.4 Å². The number of hydrogen-bond donors (Lipinski definition) is 0. The van der Waals surface area contributed by atoms with E-state index in [4.69, 9.17) is 0 Å². The minimum Gasteiger partial charge on any atom is -0.311 e. The number of rotatable bonds is 9. The number of nitrogens with zero attached hydrogens (tertiary/aromatic N) is 5. The minimum atomic E-state index is -5.04. The average molecular weight is 1170 g/mol. The summed E-state index contributed by atoms with van der Waals surface area (Å²) in [6.07, 6.45) is -9.77. The highest BCUT2D eigenvalue weighted by Gasteiger charge is 2.53. The lowest BCUT2D eigenvalue weighted by Gasteiger charge is -2.47. The van der Waals surface area contributed by atoms with Gasteiger partial charge in [-0.05, 0) is 161 Å². The molecular weight excluding hydrogens is 1130 g/mol. The summed E-state index contributed by atoms with van der Waals surface area (Å²) in [6.45, 7) is -1.53. The molecule has 0 spiro atoms. The van der Waals surface area contributed by atoms with Crippen LogP contribution in [0.1, 0.15) is 11.1 Å². The van der Waals surface area contributed by atoms with Crippen molar-refractivity contribution in [3.63, 3.8) is 0 Å². The average Bonchev–Trinajstić information content (AvgIpc) is 0.760. The van der Waals surface area contributed by atoms with Crippen molar-refractivity contribution in [2.45, 2.75) is 22.1 Å². The van der Waals surface area contributed by atoms with E-state index in [1.54, 1.807) is 4.90 Å². The van der Waals surface area contributed by atoms with Gasteiger partial charge in [0, 0.05) is 83.7 Å². The fraction of sp³-hybridized carbons (Fsp3) is 0.0270. The van der Waals surface area contributed by atoms with E-state index in [2.05, 4.69) is 43.9 Å². The molecule has 12 aromatic carbocycles. The van der Waals surface area contributed by atoms with Gasteiger partial charge in [-0.25, -0.2) is 0 Å². The van der Waals surface area contributed by atoms with Crippen LogP contribution in [0.25, 0.3) is 0 Å². The van der Waals surface area contributed by atoms with Gasteiger partial charge in [-0.1, -0.05) is 169 Å². The monoisotopic (exact) mass is 1170 g/mol. The summed E-state index contributed by atoms with van der Waals surface area (Å²) in [5.74, 6) is 0. The molecule has 0 N–H and O–H groups in total. The fourth-order valence-corrected chi connectivity index (χ4v) is 15.1. The molecule has 0 aliphatic carbocycles. The Hall–Kier alpha value is -10.3. The highest BCUT2D eigenvalue weighted by molar-refractivity contribution is 8.00. The van der Waals surface area contributed by atoms with Gasteiger partial charge in [-0.3, -0.25) is 0 Å². The maximum atomic E-state index is 17.9. The maximum absolute atomic E-state index is 17.9. The summed E-state index contributed by atoms with van der Waals surface area (Å²) in [4.78, 5) is 10.8. The first-order valence-corrected chi connectivity index (χ1v) is 29.8. The third-order valence-corrected chi connectivity index (χ3v) is 18.4. The molecule has 16 rings (SSSR count). The highest BCUT2D eigenvalue weighted by atomic mass is 32.2. The fourth-order valence-electron chi connectivity index (χ4n) is 13.7. The van der Waals surface area contributed by atoms with Gasteiger partial charge in [0.25, 0.3) is 6.71 Å². The van der Waals surface area contributed by atoms with E-state index in [1.807, 2.05) is 237 Å². The third-order valence-electron chi connectivity index (χ3n) is 17.2. The van der Waals surface area contributed by atoms with Crippen molar-refractivity contribution in [1.82, 2.24) is 0 Å². The van der Waals surface area contributed by atoms with E-state index >= 15 is 13.2 Å². The van der Waals surface area contributed by atoms with Crippen LogP contribution in [0, 0.1) is 0 Å². The molecule has 0 fully saturated rings. The van der Waals surface area contributed by atoms with Crippen LogP contribution in [0.15, 0.2) is 295 Å². The van der Waals surface area contributed by atoms with Crippen molar-refractivity contribution in [2.24, 2.45) is 0 Å². The predicted octanol–water partition coefficient (Wildman–Crippen LogP) is 17.5. The molecule has 4 aliphatic heterocycles. The first kappa shape index (κ1) is 53.2. The quantitative estimate of drug-likeness (QED) is 0.105. The second-order valence-electron chi connectivity index (χ2n) is 22.2. The minimum absolute atomic E-state index is 0.0164. The zero-order valence-corrected chi connectivity index (χ0v) is 47.5. The second kappa shape index (κ2) is 20.7. The summed E-state index contributed by atoms with van der Waals surface area (Å²) in [5.41, 5.74) is 12.0. The Morgan fingerprint density at radius 3 is 1.12 bits per heavy atom. The van der Waals surface area contributed by atoms with E-state index in [0.717, 1.165) is 97.2 Å². The molecule has 0 atom stereocenters. The van der Waals surface area contributed by atoms with Gasteiger partial charge in [0.05, 0.1) is 22.5 Å². The van der Waals surface area contributed by atoms with E-state index in [1.165, 1.54) is 12.1 Å². The lowest BCUT2D eigenvalue weighted by molar-refractivity contribution is -0.139. The van der Waals surface area contributed by atoms with Crippen molar-refractivity contribution in [3.8, 4) is 0 Å². The van der Waals surface area contributed by atoms with Gasteiger partial charge >= 0.3 is 12.4 Å². The van der Waals surface area contributed by atoms with Gasteiger partial charge in [0.1, 0.15) is 0 Å². The molecule has 0 radical (unpaired) electrons. The van der Waals surface area contributed by atoms with Crippen molar-refractivity contribution in [3.05, 3.63) is 296 Å². The second-order valence-corrected chi connectivity index (χ2v) is 23.3. The number of halogens is 6. The summed E-state index contributed by atoms with van der Waals surface area (Å²) < 4.78 is 98.0. The molecule has 0 saturated carbocycles. The Morgan fingerprint density at radius 1 is 0.307 bits per heavy atom. The first-order chi connectivity index (χ1) is 43.0. The van der Waals surface area contributed by atoms with Crippen LogP contribution in [0.4, 0.5) is 112 Å². The van der Waals surface area contributed by atoms with Crippen molar-refractivity contribution < 1.29 is 26.3 Å². The Kier molecular flexibility index (Phi) is 12.5. The summed E-state index contributed by atoms with van der Waals surface area (Å²) in [7, 11) is 0. The summed E-state index contributed by atoms with van der Waals surface area (Å²) >= 11 is 1.10. The number of fused-ring (bicyclic) bond motifs is 8. The van der Waals surface area contributed by atoms with Crippen LogP contribution in [0.3, 0.4) is 0 Å². The van der Waals surface area contributed by atoms with Crippen LogP contribution >= 0.6 is 11.8 Å². The van der Waals surface area contributed by atoms with Crippen LogP contribution in [0.5, 0.6) is 0 Å². The lowest BCUT2D eigenvalue weighted by atomic mass is 9.30. The predicted molar refractivity (Wildman–Crippen MR) is 350 cm³/mol. The van der Waals surface area contributed by atoms with Gasteiger partial charge in [-0.2, -0.15) is 26.3 Å². The van der Waals surface area contributed by atoms with E-state index in [-0.39, 0.29) is 16.3 Å². The van der Waals surface area contributed by atoms with Gasteiger partial charge < -0.3 is 24.5 Å². The normalized spacial score (nSPS) is 13.4. The molecule has 4 heterocycles. The molecule has 12 aromatic rings. The van der Waals surface area contributed by atoms with Crippen molar-refractivity contribution in [1.29, 1.82) is 0 Å². The summed E-state index contributed by atoms with van der Waals surface area (Å²) in [6, 6.07) is 90.0. The summed E-state index contributed by atoms with van der Waals surface area (Å²) in [5, 5.41) is 0. The molecule has 0 unspecified atom stereocenters. The Bertz CT molecular complexity index is 4580. The molecule has 4 aliphatic rings. The van der Waals surface area contributed by atoms with E-state index in [0.29, 0.717) is 38.3 Å². The number of hydrogen-bond acceptors (Lipinski definition) is 6. The van der Waals surface area contributed by atoms with Crippen LogP contribution in [0.2, 0.25) is 0 Å². The Labute approximate surface area is 509 Å². The molecule has 88 heavy (non-hydrogen) atoms. The topological polar surface area (TPSA) is 16.2 Å². The standard InChI is InChI=1S/C74H47B2F6N5S/c77-73(78,79)48-39-41-55(42-40-48)87-65-44-56(83(49-23-7-1-8-24-49)50-25-9-2-10-26-50)43-64-69(65)75(58-35-19-21-37-62(58)85(64)53-31-15-5-16-32-53)60-47-61-72(68(71(60)87)74(80,81)82)88-67-46-57(84(51-27-11-3-12-28-51)52-29-13-4-14-30-52)45-66-70(67)76(61)59-36-20-22-38-63(59)86(66)54-33-17-6-18-34-54/h1-47H. The molecule has 5 nitrogen and oxygen atoms in total. The SMILES string of the molecule is FC(F)(F)c1ccc(N2c3cc(N(c4ccccc4)c4ccccc4)cc4c3B(c3ccccc3N4c3ccccc3)c3cc4c(c(C(F)(F)F)c32)Sc2cc(N(c3ccccc3)c3ccccc3)cc3c2B4c2ccccc2N3c2ccccc2)cc1. The van der Waals surface area contributed by atoms with Gasteiger partial charge in [0.15, 0.2) is 0 Å². The zero-order valence-electron chi connectivity index (χ0n) is 46.7. The molecule has 422 valence electrons. The van der Waals surface area contributed by atoms with Crippen LogP contribution < -0.4 is 57.3 Å². The first-order valence-electron chi connectivity index (χ1n) is 29.0. The molecule has 0 aromatic heterocycles. The Morgan fingerprint density at radius 2 is 0.682 bits per heavy atom. The number of benzene rings is 12. The van der Waals surface area contributed by atoms with Crippen molar-refractivity contribution in [2.75, 3.05) is 24.5 Å². The maximum Gasteiger partial charge on any atom is 0.419 e. The van der Waals surface area contributed by atoms with Crippen molar-refractivity contribution >= 4 is 143 Å². The van der Waals surface area contributed by atoms with Gasteiger partial charge in [-0.15, -0.1) is 0 Å². The van der Waals surface area contributed by atoms with E-state index < -0.39 is 36.9 Å². The van der Waals surface area contributed by atoms with Crippen LogP contribution in [-0.2, 0) is 12.4 Å². The molecule has 14 heteroatoms. The highest BCUT2D eigenvalue weighted by Crippen LogP contribution is 2.55. The number of para-hydroxylation sites is 8. The van der Waals surface area contributed by atoms with E-state index in [9.17, 15) is 13.2 Å². The van der Waals surface area contributed by atoms with Gasteiger partial charge in [0.2, 0.25) is 6.71 Å². The molecular formula is C74H47B2F6N5S. The molecule has 0 saturated heterocycles. The third kappa shape index (κ3) is 8.59. The Balaban J connectivity index is 1.04. The number of anilines is 15. The smallest absolute Gasteiger partial charge is 0.311 e. The zero-order chi connectivity index (χ0) is 59.4. The largest absolute Gasteiger partial charge is 0.419 e.